The van der Waals surface area contributed by atoms with E-state index in [1.807, 2.05) is 0 Å². The van der Waals surface area contributed by atoms with Gasteiger partial charge in [-0.1, -0.05) is 183 Å². The van der Waals surface area contributed by atoms with Gasteiger partial charge in [0.15, 0.2) is 7.28 Å². The smallest absolute Gasteiger partial charge is 0.252 e. The minimum absolute atomic E-state index is 0.0116. The molecule has 2 bridgehead atoms. The summed E-state index contributed by atoms with van der Waals surface area (Å²) in [5.74, 6) is 1.62. The van der Waals surface area contributed by atoms with Crippen molar-refractivity contribution in [1.29, 1.82) is 0 Å². The molecule has 0 fully saturated rings. The zero-order valence-electron chi connectivity index (χ0n) is 39.6. The molecule has 1 radical (unpaired) electrons. The highest BCUT2D eigenvalue weighted by molar-refractivity contribution is 7.00. The zero-order valence-corrected chi connectivity index (χ0v) is 39.6. The minimum Gasteiger partial charge on any atom is -0.355 e. The number of anilines is 5. The topological polar surface area (TPSA) is 15.3 Å². The van der Waals surface area contributed by atoms with Crippen LogP contribution >= 0.6 is 0 Å². The Morgan fingerprint density at radius 3 is 1.80 bits per heavy atom. The lowest BCUT2D eigenvalue weighted by atomic mass is 9.33. The maximum absolute atomic E-state index is 4.30. The molecule has 1 N–H and O–H groups in total. The van der Waals surface area contributed by atoms with E-state index in [2.05, 4.69) is 220 Å². The molecule has 3 heterocycles. The first-order valence-corrected chi connectivity index (χ1v) is 24.1. The van der Waals surface area contributed by atoms with Gasteiger partial charge in [0.2, 0.25) is 0 Å². The highest BCUT2D eigenvalue weighted by atomic mass is 15.2. The SMILES string of the molecule is CC(C)c1ccc(N2c3cc4c(cc3B3c5cc(C(C)C)cc6c5Nc5c(ccc2c53)-c2ccc(C(C)C)cc2[B]c2cc(C(C)C)ccc2-6)-c2c(ccc3ccccc23)C4(C)C)cc1. The Morgan fingerprint density at radius 2 is 1.12 bits per heavy atom. The Kier molecular flexibility index (Phi) is 8.91. The fraction of sp³-hybridized carbons (Fsp3) is 0.246. The molecule has 2 nitrogen and oxygen atoms in total. The average Bonchev–Trinajstić information content (AvgIpc) is 3.52. The predicted octanol–water partition coefficient (Wildman–Crippen LogP) is 13.3. The van der Waals surface area contributed by atoms with Crippen molar-refractivity contribution in [2.45, 2.75) is 98.3 Å². The van der Waals surface area contributed by atoms with Crippen LogP contribution in [0.4, 0.5) is 28.4 Å². The second-order valence-corrected chi connectivity index (χ2v) is 21.2. The van der Waals surface area contributed by atoms with E-state index in [4.69, 9.17) is 0 Å². The molecule has 8 aromatic rings. The monoisotopic (exact) mass is 839 g/mol. The lowest BCUT2D eigenvalue weighted by Crippen LogP contribution is -2.60. The molecule has 12 rings (SSSR count). The van der Waals surface area contributed by atoms with Crippen LogP contribution in [0.15, 0.2) is 133 Å². The first-order valence-electron chi connectivity index (χ1n) is 24.1. The summed E-state index contributed by atoms with van der Waals surface area (Å²) in [7, 11) is 2.49. The third-order valence-corrected chi connectivity index (χ3v) is 15.6. The van der Waals surface area contributed by atoms with Gasteiger partial charge < -0.3 is 10.2 Å². The van der Waals surface area contributed by atoms with E-state index >= 15 is 0 Å². The van der Waals surface area contributed by atoms with Gasteiger partial charge in [-0.3, -0.25) is 0 Å². The Morgan fingerprint density at radius 1 is 0.492 bits per heavy atom. The lowest BCUT2D eigenvalue weighted by Gasteiger charge is -2.43. The van der Waals surface area contributed by atoms with Gasteiger partial charge in [0, 0.05) is 45.0 Å². The molecular weight excluding hydrogens is 782 g/mol. The van der Waals surface area contributed by atoms with Crippen molar-refractivity contribution in [2.24, 2.45) is 0 Å². The van der Waals surface area contributed by atoms with Crippen molar-refractivity contribution in [3.8, 4) is 33.4 Å². The Bertz CT molecular complexity index is 3310. The Labute approximate surface area is 387 Å². The number of benzene rings is 8. The number of nitrogens with zero attached hydrogens (tertiary/aromatic N) is 1. The van der Waals surface area contributed by atoms with Gasteiger partial charge in [0.25, 0.3) is 6.71 Å². The molecule has 317 valence electrons. The molecule has 0 saturated carbocycles. The van der Waals surface area contributed by atoms with Gasteiger partial charge in [0.05, 0.1) is 0 Å². The number of rotatable bonds is 5. The molecule has 8 aromatic carbocycles. The summed E-state index contributed by atoms with van der Waals surface area (Å²) in [5.41, 5.74) is 28.7. The van der Waals surface area contributed by atoms with Crippen LogP contribution in [0, 0.1) is 0 Å². The molecule has 3 aliphatic heterocycles. The summed E-state index contributed by atoms with van der Waals surface area (Å²) < 4.78 is 0. The van der Waals surface area contributed by atoms with Gasteiger partial charge in [-0.2, -0.15) is 0 Å². The third kappa shape index (κ3) is 5.88. The third-order valence-electron chi connectivity index (χ3n) is 15.6. The quantitative estimate of drug-likeness (QED) is 0.174. The second-order valence-electron chi connectivity index (χ2n) is 21.2. The second kappa shape index (κ2) is 14.4. The molecule has 0 spiro atoms. The summed E-state index contributed by atoms with van der Waals surface area (Å²) in [6, 6.07) is 52.7. The predicted molar refractivity (Wildman–Crippen MR) is 283 cm³/mol. The van der Waals surface area contributed by atoms with Crippen LogP contribution in [0.1, 0.15) is 126 Å². The van der Waals surface area contributed by atoms with Crippen molar-refractivity contribution in [1.82, 2.24) is 0 Å². The Balaban J connectivity index is 1.23. The van der Waals surface area contributed by atoms with Crippen LogP contribution < -0.4 is 37.5 Å². The highest BCUT2D eigenvalue weighted by Gasteiger charge is 2.46. The van der Waals surface area contributed by atoms with Gasteiger partial charge in [-0.05, 0) is 137 Å². The molecular formula is C61H57B2N2. The van der Waals surface area contributed by atoms with Gasteiger partial charge >= 0.3 is 0 Å². The highest BCUT2D eigenvalue weighted by Crippen LogP contribution is 2.54. The molecule has 0 amide bonds. The zero-order chi connectivity index (χ0) is 44.8. The van der Waals surface area contributed by atoms with E-state index in [-0.39, 0.29) is 12.1 Å². The summed E-state index contributed by atoms with van der Waals surface area (Å²) in [6.45, 7) is 23.4. The number of hydrogen-bond donors (Lipinski definition) is 1. The first-order chi connectivity index (χ1) is 31.3. The standard InChI is InChI=1S/C61H57B2N2/c1-33(2)37-15-20-42(21-16-37)65-55-26-24-46-44-22-17-39(34(3)4)28-51(44)62-52-29-40(35(5)6)18-23-45(52)47-27-41(36(7)8)30-54-59(47)64-60(46)58(55)63(54)53-31-48-50(32-56(53)65)61(9,10)49-25-19-38-13-11-12-14-43(38)57(48)49/h11-36,64H,1-10H3. The number of fused-ring (bicyclic) bond motifs is 12. The van der Waals surface area contributed by atoms with Crippen LogP contribution in [0.5, 0.6) is 0 Å². The number of nitrogens with one attached hydrogen (secondary N) is 1. The molecule has 0 saturated heterocycles. The van der Waals surface area contributed by atoms with Crippen molar-refractivity contribution >= 4 is 80.5 Å². The van der Waals surface area contributed by atoms with E-state index in [0.717, 1.165) is 0 Å². The largest absolute Gasteiger partial charge is 0.355 e. The molecule has 0 atom stereocenters. The van der Waals surface area contributed by atoms with Crippen LogP contribution in [-0.2, 0) is 5.41 Å². The van der Waals surface area contributed by atoms with Crippen molar-refractivity contribution < 1.29 is 0 Å². The molecule has 4 heteroatoms. The summed E-state index contributed by atoms with van der Waals surface area (Å²) in [4.78, 5) is 2.60. The summed E-state index contributed by atoms with van der Waals surface area (Å²) >= 11 is 0. The van der Waals surface area contributed by atoms with Crippen LogP contribution in [0.25, 0.3) is 44.2 Å². The summed E-state index contributed by atoms with van der Waals surface area (Å²) in [5, 5.41) is 6.93. The fourth-order valence-corrected chi connectivity index (χ4v) is 11.8. The Hall–Kier alpha value is -6.25. The maximum atomic E-state index is 4.30. The van der Waals surface area contributed by atoms with Crippen LogP contribution in [-0.4, -0.2) is 14.0 Å². The van der Waals surface area contributed by atoms with Crippen molar-refractivity contribution in [3.05, 3.63) is 167 Å². The minimum atomic E-state index is -0.180. The van der Waals surface area contributed by atoms with E-state index in [0.29, 0.717) is 23.7 Å². The normalized spacial score (nSPS) is 14.6. The summed E-state index contributed by atoms with van der Waals surface area (Å²) in [6.07, 6.45) is 0. The van der Waals surface area contributed by atoms with Crippen molar-refractivity contribution in [2.75, 3.05) is 10.2 Å². The average molecular weight is 840 g/mol. The van der Waals surface area contributed by atoms with Gasteiger partial charge in [0.1, 0.15) is 0 Å². The maximum Gasteiger partial charge on any atom is 0.252 e. The van der Waals surface area contributed by atoms with Crippen LogP contribution in [0.3, 0.4) is 0 Å². The van der Waals surface area contributed by atoms with E-state index in [1.165, 1.54) is 133 Å². The molecule has 4 aliphatic rings. The van der Waals surface area contributed by atoms with E-state index in [9.17, 15) is 0 Å². The van der Waals surface area contributed by atoms with Gasteiger partial charge in [-0.25, -0.2) is 0 Å². The lowest BCUT2D eigenvalue weighted by molar-refractivity contribution is 0.661. The van der Waals surface area contributed by atoms with E-state index in [1.54, 1.807) is 0 Å². The fourth-order valence-electron chi connectivity index (χ4n) is 11.8. The number of hydrogen-bond acceptors (Lipinski definition) is 2. The van der Waals surface area contributed by atoms with Gasteiger partial charge in [-0.15, -0.1) is 0 Å². The molecule has 0 aromatic heterocycles. The van der Waals surface area contributed by atoms with E-state index < -0.39 is 0 Å². The van der Waals surface area contributed by atoms with Crippen LogP contribution in [0.2, 0.25) is 0 Å². The molecule has 65 heavy (non-hydrogen) atoms. The van der Waals surface area contributed by atoms with Crippen molar-refractivity contribution in [3.63, 3.8) is 0 Å². The molecule has 1 aliphatic carbocycles. The molecule has 0 unspecified atom stereocenters. The first kappa shape index (κ1) is 40.3.